The van der Waals surface area contributed by atoms with Crippen LogP contribution in [0, 0.1) is 11.8 Å². The number of benzene rings is 1. The molecule has 0 aliphatic carbocycles. The molecular weight excluding hydrogens is 464 g/mol. The van der Waals surface area contributed by atoms with Gasteiger partial charge in [0.2, 0.25) is 15.5 Å². The predicted molar refractivity (Wildman–Crippen MR) is 142 cm³/mol. The number of fused-ring (bicyclic) bond motifs is 1. The van der Waals surface area contributed by atoms with E-state index in [1.165, 1.54) is 22.6 Å². The minimum absolute atomic E-state index is 0.0126. The zero-order valence-electron chi connectivity index (χ0n) is 22.3. The fraction of sp³-hybridized carbons (Fsp3) is 0.615. The molecule has 0 unspecified atom stereocenters. The third-order valence-electron chi connectivity index (χ3n) is 5.93. The van der Waals surface area contributed by atoms with Crippen LogP contribution in [-0.2, 0) is 17.1 Å². The van der Waals surface area contributed by atoms with Gasteiger partial charge in [0.1, 0.15) is 5.56 Å². The van der Waals surface area contributed by atoms with Crippen LogP contribution >= 0.6 is 0 Å². The molecule has 1 N–H and O–H groups in total. The Morgan fingerprint density at radius 1 is 1.06 bits per heavy atom. The maximum Gasteiger partial charge on any atom is 0.256 e. The molecule has 8 nitrogen and oxygen atoms in total. The Morgan fingerprint density at radius 2 is 1.66 bits per heavy atom. The van der Waals surface area contributed by atoms with Gasteiger partial charge in [-0.15, -0.1) is 0 Å². The van der Waals surface area contributed by atoms with Gasteiger partial charge in [-0.1, -0.05) is 41.5 Å². The van der Waals surface area contributed by atoms with Gasteiger partial charge in [0.05, 0.1) is 10.4 Å². The molecule has 196 valence electrons. The van der Waals surface area contributed by atoms with Crippen molar-refractivity contribution in [3.8, 4) is 0 Å². The van der Waals surface area contributed by atoms with Crippen molar-refractivity contribution in [1.82, 2.24) is 19.1 Å². The number of aryl methyl sites for hydroxylation is 1. The molecule has 0 fully saturated rings. The SMILES string of the molecule is CCN(CC)S(=O)(=O)c1ccc2c(c1)c(=O)c(C(=O)NCCCN(CC(C)C)CC(C)C)cn2C. The maximum absolute atomic E-state index is 13.2. The molecule has 1 heterocycles. The molecule has 35 heavy (non-hydrogen) atoms. The smallest absolute Gasteiger partial charge is 0.256 e. The van der Waals surface area contributed by atoms with Crippen molar-refractivity contribution in [3.05, 3.63) is 40.2 Å². The van der Waals surface area contributed by atoms with Crippen LogP contribution in [-0.4, -0.2) is 67.4 Å². The van der Waals surface area contributed by atoms with Crippen molar-refractivity contribution in [2.45, 2.75) is 52.9 Å². The van der Waals surface area contributed by atoms with E-state index >= 15 is 0 Å². The van der Waals surface area contributed by atoms with Crippen LogP contribution in [0.3, 0.4) is 0 Å². The summed E-state index contributed by atoms with van der Waals surface area (Å²) in [6.07, 6.45) is 2.30. The van der Waals surface area contributed by atoms with E-state index in [-0.39, 0.29) is 15.8 Å². The minimum Gasteiger partial charge on any atom is -0.352 e. The monoisotopic (exact) mass is 506 g/mol. The molecular formula is C26H42N4O4S. The van der Waals surface area contributed by atoms with Gasteiger partial charge in [-0.2, -0.15) is 4.31 Å². The van der Waals surface area contributed by atoms with E-state index in [9.17, 15) is 18.0 Å². The topological polar surface area (TPSA) is 91.7 Å². The van der Waals surface area contributed by atoms with E-state index in [0.29, 0.717) is 37.0 Å². The molecule has 1 amide bonds. The Morgan fingerprint density at radius 3 is 2.20 bits per heavy atom. The first-order chi connectivity index (χ1) is 16.4. The van der Waals surface area contributed by atoms with Crippen LogP contribution in [0.2, 0.25) is 0 Å². The Kier molecular flexibility index (Phi) is 10.5. The summed E-state index contributed by atoms with van der Waals surface area (Å²) in [5, 5.41) is 3.09. The molecule has 0 aliphatic rings. The van der Waals surface area contributed by atoms with Gasteiger partial charge < -0.3 is 14.8 Å². The summed E-state index contributed by atoms with van der Waals surface area (Å²) in [6.45, 7) is 16.4. The third-order valence-corrected chi connectivity index (χ3v) is 7.98. The Hall–Kier alpha value is -2.23. The Bertz CT molecular complexity index is 1160. The summed E-state index contributed by atoms with van der Waals surface area (Å²) < 4.78 is 28.9. The van der Waals surface area contributed by atoms with Crippen LogP contribution in [0.25, 0.3) is 10.9 Å². The van der Waals surface area contributed by atoms with Gasteiger partial charge in [0.25, 0.3) is 5.91 Å². The van der Waals surface area contributed by atoms with Gasteiger partial charge >= 0.3 is 0 Å². The Labute approximate surface area is 210 Å². The highest BCUT2D eigenvalue weighted by atomic mass is 32.2. The number of nitrogens with one attached hydrogen (secondary N) is 1. The number of sulfonamides is 1. The fourth-order valence-corrected chi connectivity index (χ4v) is 5.88. The lowest BCUT2D eigenvalue weighted by molar-refractivity contribution is 0.0949. The van der Waals surface area contributed by atoms with E-state index in [0.717, 1.165) is 26.1 Å². The summed E-state index contributed by atoms with van der Waals surface area (Å²) in [6, 6.07) is 4.51. The number of rotatable bonds is 13. The highest BCUT2D eigenvalue weighted by Crippen LogP contribution is 2.20. The van der Waals surface area contributed by atoms with Crippen LogP contribution in [0.5, 0.6) is 0 Å². The first kappa shape index (κ1) is 29.0. The first-order valence-electron chi connectivity index (χ1n) is 12.6. The highest BCUT2D eigenvalue weighted by molar-refractivity contribution is 7.89. The summed E-state index contributed by atoms with van der Waals surface area (Å²) >= 11 is 0. The molecule has 0 atom stereocenters. The van der Waals surface area contributed by atoms with Crippen molar-refractivity contribution in [1.29, 1.82) is 0 Å². The van der Waals surface area contributed by atoms with Crippen molar-refractivity contribution in [3.63, 3.8) is 0 Å². The molecule has 2 aromatic rings. The number of aromatic nitrogens is 1. The van der Waals surface area contributed by atoms with Crippen LogP contribution < -0.4 is 10.7 Å². The van der Waals surface area contributed by atoms with E-state index in [2.05, 4.69) is 37.9 Å². The van der Waals surface area contributed by atoms with Crippen molar-refractivity contribution in [2.24, 2.45) is 18.9 Å². The average Bonchev–Trinajstić information content (AvgIpc) is 2.78. The fourth-order valence-electron chi connectivity index (χ4n) is 4.40. The predicted octanol–water partition coefficient (Wildman–Crippen LogP) is 3.30. The third kappa shape index (κ3) is 7.38. The van der Waals surface area contributed by atoms with Crippen LogP contribution in [0.4, 0.5) is 0 Å². The van der Waals surface area contributed by atoms with Gasteiger partial charge in [0, 0.05) is 51.4 Å². The lowest BCUT2D eigenvalue weighted by Crippen LogP contribution is -2.35. The molecule has 0 spiro atoms. The van der Waals surface area contributed by atoms with Crippen LogP contribution in [0.15, 0.2) is 34.1 Å². The van der Waals surface area contributed by atoms with Crippen molar-refractivity contribution < 1.29 is 13.2 Å². The minimum atomic E-state index is -3.72. The molecule has 9 heteroatoms. The molecule has 1 aromatic heterocycles. The van der Waals surface area contributed by atoms with E-state index in [1.807, 2.05) is 0 Å². The lowest BCUT2D eigenvalue weighted by Gasteiger charge is -2.26. The second-order valence-electron chi connectivity index (χ2n) is 9.91. The standard InChI is InChI=1S/C26H42N4O4S/c1-8-30(9-2)35(33,34)21-11-12-24-22(15-21)25(31)23(18-28(24)7)26(32)27-13-10-14-29(16-19(3)4)17-20(5)6/h11-12,15,18-20H,8-10,13-14,16-17H2,1-7H3,(H,27,32). The molecule has 2 rings (SSSR count). The van der Waals surface area contributed by atoms with Gasteiger partial charge in [-0.25, -0.2) is 8.42 Å². The molecule has 0 bridgehead atoms. The number of pyridine rings is 1. The molecule has 0 saturated heterocycles. The number of carbonyl (C=O) groups excluding carboxylic acids is 1. The number of hydrogen-bond donors (Lipinski definition) is 1. The summed E-state index contributed by atoms with van der Waals surface area (Å²) in [4.78, 5) is 28.5. The summed E-state index contributed by atoms with van der Waals surface area (Å²) in [7, 11) is -1.98. The second kappa shape index (κ2) is 12.6. The lowest BCUT2D eigenvalue weighted by atomic mass is 10.1. The zero-order valence-corrected chi connectivity index (χ0v) is 23.1. The van der Waals surface area contributed by atoms with E-state index in [1.54, 1.807) is 31.5 Å². The highest BCUT2D eigenvalue weighted by Gasteiger charge is 2.23. The number of nitrogens with zero attached hydrogens (tertiary/aromatic N) is 3. The summed E-state index contributed by atoms with van der Waals surface area (Å²) in [5.74, 6) is 0.697. The van der Waals surface area contributed by atoms with E-state index < -0.39 is 21.4 Å². The van der Waals surface area contributed by atoms with Crippen molar-refractivity contribution >= 4 is 26.8 Å². The van der Waals surface area contributed by atoms with Gasteiger partial charge in [-0.3, -0.25) is 9.59 Å². The van der Waals surface area contributed by atoms with E-state index in [4.69, 9.17) is 0 Å². The maximum atomic E-state index is 13.2. The first-order valence-corrected chi connectivity index (χ1v) is 14.0. The quantitative estimate of drug-likeness (QED) is 0.421. The Balaban J connectivity index is 2.23. The average molecular weight is 507 g/mol. The van der Waals surface area contributed by atoms with Crippen molar-refractivity contribution in [2.75, 3.05) is 39.3 Å². The number of carbonyl (C=O) groups is 1. The van der Waals surface area contributed by atoms with Crippen LogP contribution in [0.1, 0.15) is 58.3 Å². The second-order valence-corrected chi connectivity index (χ2v) is 11.8. The largest absolute Gasteiger partial charge is 0.352 e. The molecule has 0 radical (unpaired) electrons. The molecule has 0 aliphatic heterocycles. The number of hydrogen-bond acceptors (Lipinski definition) is 5. The zero-order chi connectivity index (χ0) is 26.3. The molecule has 0 saturated carbocycles. The number of amides is 1. The van der Waals surface area contributed by atoms with Gasteiger partial charge in [0.15, 0.2) is 0 Å². The molecule has 1 aromatic carbocycles. The summed E-state index contributed by atoms with van der Waals surface area (Å²) in [5.41, 5.74) is 0.120. The normalized spacial score (nSPS) is 12.4. The van der Waals surface area contributed by atoms with Gasteiger partial charge in [-0.05, 0) is 43.0 Å².